The highest BCUT2D eigenvalue weighted by atomic mass is 15.1. The van der Waals surface area contributed by atoms with Crippen LogP contribution in [0.5, 0.6) is 0 Å². The maximum absolute atomic E-state index is 2.43. The van der Waals surface area contributed by atoms with Crippen molar-refractivity contribution < 1.29 is 0 Å². The minimum Gasteiger partial charge on any atom is -0.310 e. The predicted octanol–water partition coefficient (Wildman–Crippen LogP) is 16.6. The average molecular weight is 791 g/mol. The Labute approximate surface area is 362 Å². The van der Waals surface area contributed by atoms with E-state index in [0.717, 1.165) is 28.3 Å². The van der Waals surface area contributed by atoms with Crippen molar-refractivity contribution in [1.29, 1.82) is 0 Å². The van der Waals surface area contributed by atoms with Gasteiger partial charge in [-0.1, -0.05) is 200 Å². The van der Waals surface area contributed by atoms with E-state index < -0.39 is 0 Å². The highest BCUT2D eigenvalue weighted by Crippen LogP contribution is 2.45. The maximum atomic E-state index is 2.43. The third kappa shape index (κ3) is 6.84. The van der Waals surface area contributed by atoms with E-state index in [1.807, 2.05) is 0 Å². The van der Waals surface area contributed by atoms with Crippen molar-refractivity contribution in [3.8, 4) is 61.3 Å². The second-order valence-electron chi connectivity index (χ2n) is 15.7. The van der Waals surface area contributed by atoms with Gasteiger partial charge in [-0.15, -0.1) is 0 Å². The fourth-order valence-electron chi connectivity index (χ4n) is 9.05. The molecule has 0 radical (unpaired) electrons. The fraction of sp³-hybridized carbons (Fsp3) is 0. The molecule has 11 rings (SSSR count). The Morgan fingerprint density at radius 3 is 1.16 bits per heavy atom. The summed E-state index contributed by atoms with van der Waals surface area (Å²) in [5.74, 6) is 0. The summed E-state index contributed by atoms with van der Waals surface area (Å²) in [6.07, 6.45) is 0. The Morgan fingerprint density at radius 1 is 0.242 bits per heavy atom. The molecule has 2 heteroatoms. The molecule has 292 valence electrons. The topological polar surface area (TPSA) is 8.17 Å². The van der Waals surface area contributed by atoms with Gasteiger partial charge in [-0.05, 0) is 110 Å². The molecule has 2 nitrogen and oxygen atoms in total. The number of hydrogen-bond acceptors (Lipinski definition) is 1. The first-order valence-corrected chi connectivity index (χ1v) is 21.3. The number of aromatic nitrogens is 1. The third-order valence-corrected chi connectivity index (χ3v) is 12.0. The molecule has 0 unspecified atom stereocenters. The van der Waals surface area contributed by atoms with E-state index in [2.05, 4.69) is 264 Å². The number of fused-ring (bicyclic) bond motifs is 3. The van der Waals surface area contributed by atoms with Crippen molar-refractivity contribution >= 4 is 38.9 Å². The lowest BCUT2D eigenvalue weighted by Crippen LogP contribution is -2.11. The molecule has 0 N–H and O–H groups in total. The normalized spacial score (nSPS) is 11.2. The number of nitrogens with zero attached hydrogens (tertiary/aromatic N) is 2. The second kappa shape index (κ2) is 16.1. The summed E-state index contributed by atoms with van der Waals surface area (Å²) in [6.45, 7) is 0. The molecule has 0 bridgehead atoms. The summed E-state index contributed by atoms with van der Waals surface area (Å²) in [4.78, 5) is 2.43. The average Bonchev–Trinajstić information content (AvgIpc) is 3.69. The van der Waals surface area contributed by atoms with Crippen LogP contribution < -0.4 is 4.90 Å². The van der Waals surface area contributed by atoms with E-state index in [9.17, 15) is 0 Å². The van der Waals surface area contributed by atoms with E-state index in [1.54, 1.807) is 0 Å². The Bertz CT molecular complexity index is 3300. The summed E-state index contributed by atoms with van der Waals surface area (Å²) in [5.41, 5.74) is 18.5. The van der Waals surface area contributed by atoms with Gasteiger partial charge in [0, 0.05) is 33.5 Å². The Hall–Kier alpha value is -8.20. The standard InChI is InChI=1S/C60H42N2/c1-6-18-43(19-7-1)44-30-32-48(33-31-44)54-38-35-51(41-58(54)47-24-12-4-13-25-47)61(50-34-37-53(45-20-8-2-9-21-45)57(40-50)46-22-10-3-11-23-46)52-36-39-56-55-28-16-17-29-59(55)62(60(56)42-52)49-26-14-5-15-27-49/h1-42H. The lowest BCUT2D eigenvalue weighted by molar-refractivity contribution is 1.18. The highest BCUT2D eigenvalue weighted by Gasteiger charge is 2.21. The molecule has 62 heavy (non-hydrogen) atoms. The number of anilines is 3. The Morgan fingerprint density at radius 2 is 0.613 bits per heavy atom. The van der Waals surface area contributed by atoms with Crippen LogP contribution in [-0.4, -0.2) is 4.57 Å². The Kier molecular flexibility index (Phi) is 9.57. The van der Waals surface area contributed by atoms with Gasteiger partial charge in [0.1, 0.15) is 0 Å². The molecule has 0 atom stereocenters. The third-order valence-electron chi connectivity index (χ3n) is 12.0. The van der Waals surface area contributed by atoms with Crippen LogP contribution in [0.4, 0.5) is 17.1 Å². The van der Waals surface area contributed by atoms with Gasteiger partial charge in [-0.2, -0.15) is 0 Å². The molecule has 10 aromatic carbocycles. The van der Waals surface area contributed by atoms with E-state index in [1.165, 1.54) is 71.9 Å². The first-order valence-electron chi connectivity index (χ1n) is 21.3. The van der Waals surface area contributed by atoms with Crippen molar-refractivity contribution in [2.45, 2.75) is 0 Å². The van der Waals surface area contributed by atoms with Crippen molar-refractivity contribution in [3.05, 3.63) is 255 Å². The predicted molar refractivity (Wildman–Crippen MR) is 263 cm³/mol. The van der Waals surface area contributed by atoms with Gasteiger partial charge in [0.05, 0.1) is 11.0 Å². The maximum Gasteiger partial charge on any atom is 0.0561 e. The molecule has 0 amide bonds. The van der Waals surface area contributed by atoms with Gasteiger partial charge in [0.25, 0.3) is 0 Å². The van der Waals surface area contributed by atoms with E-state index in [4.69, 9.17) is 0 Å². The number of rotatable bonds is 9. The molecule has 0 fully saturated rings. The Balaban J connectivity index is 1.15. The fourth-order valence-corrected chi connectivity index (χ4v) is 9.05. The van der Waals surface area contributed by atoms with Crippen LogP contribution in [0.1, 0.15) is 0 Å². The number of benzene rings is 10. The first kappa shape index (κ1) is 36.8. The second-order valence-corrected chi connectivity index (χ2v) is 15.7. The number of hydrogen-bond donors (Lipinski definition) is 0. The van der Waals surface area contributed by atoms with Crippen molar-refractivity contribution in [2.75, 3.05) is 4.90 Å². The minimum absolute atomic E-state index is 1.07. The molecular formula is C60H42N2. The largest absolute Gasteiger partial charge is 0.310 e. The van der Waals surface area contributed by atoms with Crippen LogP contribution in [0.3, 0.4) is 0 Å². The lowest BCUT2D eigenvalue weighted by Gasteiger charge is -2.28. The van der Waals surface area contributed by atoms with Crippen LogP contribution in [0.15, 0.2) is 255 Å². The zero-order valence-electron chi connectivity index (χ0n) is 34.1. The molecule has 0 saturated heterocycles. The lowest BCUT2D eigenvalue weighted by atomic mass is 9.92. The van der Waals surface area contributed by atoms with Crippen LogP contribution in [0.2, 0.25) is 0 Å². The van der Waals surface area contributed by atoms with Gasteiger partial charge in [0.2, 0.25) is 0 Å². The summed E-state index contributed by atoms with van der Waals surface area (Å²) in [6, 6.07) is 92.2. The van der Waals surface area contributed by atoms with Gasteiger partial charge in [-0.25, -0.2) is 0 Å². The molecule has 1 aromatic heterocycles. The van der Waals surface area contributed by atoms with Crippen LogP contribution in [0, 0.1) is 0 Å². The van der Waals surface area contributed by atoms with E-state index in [-0.39, 0.29) is 0 Å². The molecule has 11 aromatic rings. The summed E-state index contributed by atoms with van der Waals surface area (Å²) in [5, 5.41) is 2.45. The zero-order valence-corrected chi connectivity index (χ0v) is 34.1. The quantitative estimate of drug-likeness (QED) is 0.141. The van der Waals surface area contributed by atoms with Gasteiger partial charge >= 0.3 is 0 Å². The summed E-state index contributed by atoms with van der Waals surface area (Å²) in [7, 11) is 0. The van der Waals surface area contributed by atoms with Crippen molar-refractivity contribution in [3.63, 3.8) is 0 Å². The summed E-state index contributed by atoms with van der Waals surface area (Å²) >= 11 is 0. The zero-order chi connectivity index (χ0) is 41.2. The van der Waals surface area contributed by atoms with Crippen molar-refractivity contribution in [2.24, 2.45) is 0 Å². The minimum atomic E-state index is 1.07. The van der Waals surface area contributed by atoms with Crippen LogP contribution >= 0.6 is 0 Å². The number of para-hydroxylation sites is 2. The van der Waals surface area contributed by atoms with Crippen LogP contribution in [-0.2, 0) is 0 Å². The smallest absolute Gasteiger partial charge is 0.0561 e. The molecule has 1 heterocycles. The summed E-state index contributed by atoms with van der Waals surface area (Å²) < 4.78 is 2.40. The molecule has 0 saturated carbocycles. The van der Waals surface area contributed by atoms with E-state index in [0.29, 0.717) is 0 Å². The molecule has 0 aliphatic heterocycles. The van der Waals surface area contributed by atoms with Crippen LogP contribution in [0.25, 0.3) is 83.1 Å². The molecule has 0 aliphatic rings. The molecule has 0 spiro atoms. The molecule has 0 aliphatic carbocycles. The van der Waals surface area contributed by atoms with Gasteiger partial charge in [-0.3, -0.25) is 0 Å². The monoisotopic (exact) mass is 790 g/mol. The molecular weight excluding hydrogens is 749 g/mol. The van der Waals surface area contributed by atoms with Gasteiger partial charge in [0.15, 0.2) is 0 Å². The first-order chi connectivity index (χ1) is 30.8. The van der Waals surface area contributed by atoms with Crippen molar-refractivity contribution in [1.82, 2.24) is 4.57 Å². The highest BCUT2D eigenvalue weighted by molar-refractivity contribution is 6.10. The van der Waals surface area contributed by atoms with E-state index >= 15 is 0 Å². The van der Waals surface area contributed by atoms with Gasteiger partial charge < -0.3 is 9.47 Å². The SMILES string of the molecule is c1ccc(-c2ccc(-c3ccc(N(c4ccc(-c5ccccc5)c(-c5ccccc5)c4)c4ccc5c6ccccc6n(-c6ccccc6)c5c4)cc3-c3ccccc3)cc2)cc1.